The molecule has 0 saturated carbocycles. The number of hydrogen-bond acceptors (Lipinski definition) is 2. The van der Waals surface area contributed by atoms with Crippen molar-refractivity contribution in [3.05, 3.63) is 13.7 Å². The van der Waals surface area contributed by atoms with Crippen molar-refractivity contribution in [2.75, 3.05) is 5.32 Å². The van der Waals surface area contributed by atoms with E-state index in [0.29, 0.717) is 19.4 Å². The Kier molecular flexibility index (Phi) is 3.43. The molecule has 1 aromatic heterocycles. The minimum atomic E-state index is 0.105. The topological polar surface area (TPSA) is 38.0 Å². The molecule has 7 heteroatoms. The Hall–Kier alpha value is 0.260. The fourth-order valence-corrected chi connectivity index (χ4v) is 2.47. The van der Waals surface area contributed by atoms with Gasteiger partial charge in [-0.15, -0.1) is 11.3 Å². The molecule has 0 saturated heterocycles. The maximum Gasteiger partial charge on any atom is 0.168 e. The average molecular weight is 262 g/mol. The first-order valence-corrected chi connectivity index (χ1v) is 5.08. The van der Waals surface area contributed by atoms with Crippen molar-refractivity contribution in [1.82, 2.24) is 0 Å². The fraction of sp³-hybridized carbons (Fsp3) is 0. The molecule has 1 rings (SSSR count). The van der Waals surface area contributed by atoms with Crippen LogP contribution < -0.4 is 11.1 Å². The van der Waals surface area contributed by atoms with Crippen molar-refractivity contribution >= 4 is 69.2 Å². The van der Waals surface area contributed by atoms with E-state index in [9.17, 15) is 0 Å². The molecule has 0 aliphatic rings. The van der Waals surface area contributed by atoms with Gasteiger partial charge in [-0.1, -0.05) is 34.8 Å². The van der Waals surface area contributed by atoms with E-state index in [2.05, 4.69) is 17.5 Å². The van der Waals surface area contributed by atoms with E-state index in [1.165, 1.54) is 0 Å². The highest BCUT2D eigenvalue weighted by Crippen LogP contribution is 2.43. The number of nitrogens with one attached hydrogen (secondary N) is 1. The molecule has 0 bridgehead atoms. The van der Waals surface area contributed by atoms with Crippen LogP contribution in [0.15, 0.2) is 0 Å². The second-order valence-corrected chi connectivity index (χ2v) is 4.87. The van der Waals surface area contributed by atoms with Crippen LogP contribution in [0.25, 0.3) is 0 Å². The molecule has 0 aliphatic carbocycles. The summed E-state index contributed by atoms with van der Waals surface area (Å²) in [6.45, 7) is 0. The van der Waals surface area contributed by atoms with Crippen molar-refractivity contribution in [3.8, 4) is 0 Å². The van der Waals surface area contributed by atoms with E-state index < -0.39 is 0 Å². The van der Waals surface area contributed by atoms with E-state index in [4.69, 9.17) is 40.5 Å². The zero-order chi connectivity index (χ0) is 9.30. The number of anilines is 1. The number of hydrogen-bond donors (Lipinski definition) is 2. The van der Waals surface area contributed by atoms with E-state index in [1.54, 1.807) is 0 Å². The van der Waals surface area contributed by atoms with Gasteiger partial charge in [-0.2, -0.15) is 0 Å². The zero-order valence-electron chi connectivity index (χ0n) is 5.53. The van der Waals surface area contributed by atoms with Crippen LogP contribution in [0.3, 0.4) is 0 Å². The summed E-state index contributed by atoms with van der Waals surface area (Å²) >= 11 is 23.0. The van der Waals surface area contributed by atoms with Crippen molar-refractivity contribution in [1.29, 1.82) is 0 Å². The largest absolute Gasteiger partial charge is 0.376 e. The highest BCUT2D eigenvalue weighted by Gasteiger charge is 2.13. The first kappa shape index (κ1) is 10.3. The quantitative estimate of drug-likeness (QED) is 0.761. The van der Waals surface area contributed by atoms with Gasteiger partial charge in [0.1, 0.15) is 8.67 Å². The Bertz CT molecular complexity index is 323. The second kappa shape index (κ2) is 3.98. The monoisotopic (exact) mass is 260 g/mol. The summed E-state index contributed by atoms with van der Waals surface area (Å²) in [7, 11) is 0. The first-order valence-electron chi connectivity index (χ1n) is 2.72. The third kappa shape index (κ3) is 2.14. The number of halogens is 3. The normalized spacial score (nSPS) is 9.92. The minimum Gasteiger partial charge on any atom is -0.376 e. The summed E-state index contributed by atoms with van der Waals surface area (Å²) in [5.74, 6) is 0. The number of thiocarbonyl (C=S) groups is 1. The van der Waals surface area contributed by atoms with E-state index in [-0.39, 0.29) is 5.11 Å². The summed E-state index contributed by atoms with van der Waals surface area (Å²) < 4.78 is 0.859. The van der Waals surface area contributed by atoms with Gasteiger partial charge in [0.25, 0.3) is 0 Å². The van der Waals surface area contributed by atoms with Crippen LogP contribution in [0.5, 0.6) is 0 Å². The number of nitrogens with two attached hydrogens (primary N) is 1. The lowest BCUT2D eigenvalue weighted by atomic mass is 10.5. The highest BCUT2D eigenvalue weighted by molar-refractivity contribution is 7.80. The van der Waals surface area contributed by atoms with Gasteiger partial charge in [-0.05, 0) is 12.2 Å². The molecule has 0 radical (unpaired) electrons. The van der Waals surface area contributed by atoms with Crippen molar-refractivity contribution in [2.45, 2.75) is 0 Å². The SMILES string of the molecule is NC(=S)Nc1c(Cl)sc(Cl)c1Cl. The van der Waals surface area contributed by atoms with E-state index >= 15 is 0 Å². The maximum atomic E-state index is 5.77. The van der Waals surface area contributed by atoms with Crippen LogP contribution in [0.1, 0.15) is 0 Å². The molecule has 0 atom stereocenters. The fourth-order valence-electron chi connectivity index (χ4n) is 0.586. The zero-order valence-corrected chi connectivity index (χ0v) is 9.43. The Morgan fingerprint density at radius 1 is 1.33 bits per heavy atom. The summed E-state index contributed by atoms with van der Waals surface area (Å²) in [4.78, 5) is 0. The molecule has 2 nitrogen and oxygen atoms in total. The van der Waals surface area contributed by atoms with Gasteiger partial charge in [-0.3, -0.25) is 0 Å². The van der Waals surface area contributed by atoms with Gasteiger partial charge in [0.15, 0.2) is 5.11 Å². The predicted molar refractivity (Wildman–Crippen MR) is 59.8 cm³/mol. The van der Waals surface area contributed by atoms with Crippen LogP contribution in [0, 0.1) is 0 Å². The summed E-state index contributed by atoms with van der Waals surface area (Å²) in [5.41, 5.74) is 5.71. The molecule has 0 aliphatic heterocycles. The van der Waals surface area contributed by atoms with E-state index in [1.807, 2.05) is 0 Å². The minimum absolute atomic E-state index is 0.105. The Morgan fingerprint density at radius 2 is 1.92 bits per heavy atom. The smallest absolute Gasteiger partial charge is 0.168 e. The van der Waals surface area contributed by atoms with Gasteiger partial charge >= 0.3 is 0 Å². The standard InChI is InChI=1S/C5H3Cl3N2S2/c6-1-2(10-5(9)11)4(8)12-3(1)7/h(H3,9,10,11). The number of rotatable bonds is 1. The molecule has 66 valence electrons. The van der Waals surface area contributed by atoms with Gasteiger partial charge in [0.2, 0.25) is 0 Å². The van der Waals surface area contributed by atoms with E-state index in [0.717, 1.165) is 11.3 Å². The predicted octanol–water partition coefficient (Wildman–Crippen LogP) is 3.36. The molecular formula is C5H3Cl3N2S2. The van der Waals surface area contributed by atoms with Crippen LogP contribution in [-0.2, 0) is 0 Å². The third-order valence-corrected chi connectivity index (χ3v) is 3.31. The summed E-state index contributed by atoms with van der Waals surface area (Å²) in [5, 5.41) is 3.09. The van der Waals surface area contributed by atoms with Gasteiger partial charge < -0.3 is 11.1 Å². The lowest BCUT2D eigenvalue weighted by Crippen LogP contribution is -2.18. The molecule has 0 spiro atoms. The molecule has 3 N–H and O–H groups in total. The van der Waals surface area contributed by atoms with Crippen molar-refractivity contribution in [3.63, 3.8) is 0 Å². The molecule has 1 heterocycles. The number of thiophene rings is 1. The Labute approximate surface area is 93.6 Å². The molecular weight excluding hydrogens is 259 g/mol. The van der Waals surface area contributed by atoms with Gasteiger partial charge in [-0.25, -0.2) is 0 Å². The molecule has 0 unspecified atom stereocenters. The maximum absolute atomic E-state index is 5.77. The third-order valence-electron chi connectivity index (χ3n) is 1.02. The lowest BCUT2D eigenvalue weighted by Gasteiger charge is -2.01. The molecule has 0 fully saturated rings. The Balaban J connectivity index is 3.05. The molecule has 0 amide bonds. The summed E-state index contributed by atoms with van der Waals surface area (Å²) in [6.07, 6.45) is 0. The van der Waals surface area contributed by atoms with Crippen molar-refractivity contribution < 1.29 is 0 Å². The van der Waals surface area contributed by atoms with Crippen LogP contribution >= 0.6 is 58.4 Å². The lowest BCUT2D eigenvalue weighted by molar-refractivity contribution is 1.67. The molecule has 0 aromatic carbocycles. The average Bonchev–Trinajstić information content (AvgIpc) is 2.16. The first-order chi connectivity index (χ1) is 5.52. The van der Waals surface area contributed by atoms with Crippen molar-refractivity contribution in [2.24, 2.45) is 5.73 Å². The van der Waals surface area contributed by atoms with Gasteiger partial charge in [0, 0.05) is 0 Å². The van der Waals surface area contributed by atoms with Crippen LogP contribution in [0.2, 0.25) is 13.7 Å². The van der Waals surface area contributed by atoms with Gasteiger partial charge in [0.05, 0.1) is 10.7 Å². The molecule has 1 aromatic rings. The Morgan fingerprint density at radius 3 is 2.25 bits per heavy atom. The van der Waals surface area contributed by atoms with Crippen LogP contribution in [0.4, 0.5) is 5.69 Å². The summed E-state index contributed by atoms with van der Waals surface area (Å²) in [6, 6.07) is 0. The highest BCUT2D eigenvalue weighted by atomic mass is 35.5. The second-order valence-electron chi connectivity index (χ2n) is 1.83. The van der Waals surface area contributed by atoms with Crippen LogP contribution in [-0.4, -0.2) is 5.11 Å². The molecule has 12 heavy (non-hydrogen) atoms.